The summed E-state index contributed by atoms with van der Waals surface area (Å²) in [5, 5.41) is 10.5. The molecule has 10 heteroatoms. The van der Waals surface area contributed by atoms with Gasteiger partial charge in [-0.15, -0.1) is 0 Å². The van der Waals surface area contributed by atoms with Gasteiger partial charge in [0.2, 0.25) is 15.9 Å². The summed E-state index contributed by atoms with van der Waals surface area (Å²) >= 11 is 0. The van der Waals surface area contributed by atoms with Gasteiger partial charge >= 0.3 is 6.03 Å². The number of nitrogens with two attached hydrogens (primary N) is 1. The molecule has 0 aliphatic carbocycles. The number of anilines is 1. The summed E-state index contributed by atoms with van der Waals surface area (Å²) < 4.78 is 35.5. The molecule has 1 fully saturated rings. The SMILES string of the molecule is NS(=O)(=O)c1ccc(CCNC(=O)N[C@H]2CC(=O)N(c3ccc(F)cc3)C2)cc1. The van der Waals surface area contributed by atoms with Crippen LogP contribution in [0.2, 0.25) is 0 Å². The Bertz CT molecular complexity index is 994. The summed E-state index contributed by atoms with van der Waals surface area (Å²) in [5.74, 6) is -0.523. The molecule has 4 N–H and O–H groups in total. The van der Waals surface area contributed by atoms with Crippen LogP contribution in [0.5, 0.6) is 0 Å². The molecule has 0 saturated carbocycles. The van der Waals surface area contributed by atoms with Crippen molar-refractivity contribution < 1.29 is 22.4 Å². The lowest BCUT2D eigenvalue weighted by Crippen LogP contribution is -2.43. The van der Waals surface area contributed by atoms with Crippen LogP contribution in [0.25, 0.3) is 0 Å². The number of benzene rings is 2. The zero-order chi connectivity index (χ0) is 21.0. The number of primary sulfonamides is 1. The predicted molar refractivity (Wildman–Crippen MR) is 105 cm³/mol. The second-order valence-electron chi connectivity index (χ2n) is 6.72. The van der Waals surface area contributed by atoms with Crippen LogP contribution in [-0.4, -0.2) is 39.5 Å². The summed E-state index contributed by atoms with van der Waals surface area (Å²) in [4.78, 5) is 25.8. The molecule has 8 nitrogen and oxygen atoms in total. The van der Waals surface area contributed by atoms with Crippen LogP contribution < -0.4 is 20.7 Å². The monoisotopic (exact) mass is 420 g/mol. The first-order valence-electron chi connectivity index (χ1n) is 8.94. The molecule has 1 atom stereocenters. The summed E-state index contributed by atoms with van der Waals surface area (Å²) in [5.41, 5.74) is 1.43. The van der Waals surface area contributed by atoms with Gasteiger partial charge in [0.05, 0.1) is 10.9 Å². The van der Waals surface area contributed by atoms with Gasteiger partial charge < -0.3 is 15.5 Å². The number of amides is 3. The molecule has 0 spiro atoms. The molecular weight excluding hydrogens is 399 g/mol. The van der Waals surface area contributed by atoms with Gasteiger partial charge in [0, 0.05) is 25.2 Å². The van der Waals surface area contributed by atoms with Crippen molar-refractivity contribution >= 4 is 27.6 Å². The highest BCUT2D eigenvalue weighted by atomic mass is 32.2. The Labute approximate surface area is 167 Å². The number of nitrogens with one attached hydrogen (secondary N) is 2. The number of hydrogen-bond acceptors (Lipinski definition) is 4. The maximum atomic E-state index is 13.0. The molecule has 1 aliphatic rings. The number of hydrogen-bond donors (Lipinski definition) is 3. The van der Waals surface area contributed by atoms with E-state index >= 15 is 0 Å². The molecule has 3 rings (SSSR count). The third kappa shape index (κ3) is 5.52. The molecule has 0 bridgehead atoms. The van der Waals surface area contributed by atoms with Crippen molar-refractivity contribution in [2.45, 2.75) is 23.8 Å². The lowest BCUT2D eigenvalue weighted by Gasteiger charge is -2.17. The van der Waals surface area contributed by atoms with E-state index in [4.69, 9.17) is 5.14 Å². The number of urea groups is 1. The average molecular weight is 420 g/mol. The zero-order valence-corrected chi connectivity index (χ0v) is 16.3. The van der Waals surface area contributed by atoms with E-state index in [1.54, 1.807) is 12.1 Å². The van der Waals surface area contributed by atoms with Gasteiger partial charge in [-0.1, -0.05) is 12.1 Å². The van der Waals surface area contributed by atoms with Gasteiger partial charge in [-0.05, 0) is 48.4 Å². The first-order valence-corrected chi connectivity index (χ1v) is 10.5. The second-order valence-corrected chi connectivity index (χ2v) is 8.28. The topological polar surface area (TPSA) is 122 Å². The van der Waals surface area contributed by atoms with Crippen molar-refractivity contribution in [3.8, 4) is 0 Å². The van der Waals surface area contributed by atoms with E-state index in [0.717, 1.165) is 5.56 Å². The molecular formula is C19H21FN4O4S. The summed E-state index contributed by atoms with van der Waals surface area (Å²) in [6.45, 7) is 0.649. The van der Waals surface area contributed by atoms with Crippen LogP contribution in [0.15, 0.2) is 53.4 Å². The van der Waals surface area contributed by atoms with E-state index in [0.29, 0.717) is 25.2 Å². The number of sulfonamides is 1. The molecule has 2 aromatic carbocycles. The first-order chi connectivity index (χ1) is 13.7. The van der Waals surface area contributed by atoms with Crippen molar-refractivity contribution in [3.63, 3.8) is 0 Å². The van der Waals surface area contributed by atoms with Crippen LogP contribution in [-0.2, 0) is 21.2 Å². The standard InChI is InChI=1S/C19H21FN4O4S/c20-14-3-5-16(6-4-14)24-12-15(11-18(24)25)23-19(26)22-10-9-13-1-7-17(8-2-13)29(21,27)28/h1-8,15H,9-12H2,(H2,21,27,28)(H2,22,23,26)/t15-/m0/s1. The molecule has 0 radical (unpaired) electrons. The molecule has 1 saturated heterocycles. The lowest BCUT2D eigenvalue weighted by atomic mass is 10.1. The highest BCUT2D eigenvalue weighted by Crippen LogP contribution is 2.21. The van der Waals surface area contributed by atoms with Crippen molar-refractivity contribution in [1.29, 1.82) is 0 Å². The minimum atomic E-state index is -3.73. The van der Waals surface area contributed by atoms with Crippen molar-refractivity contribution in [1.82, 2.24) is 10.6 Å². The summed E-state index contributed by atoms with van der Waals surface area (Å²) in [6.07, 6.45) is 0.670. The quantitative estimate of drug-likeness (QED) is 0.648. The number of halogens is 1. The maximum absolute atomic E-state index is 13.0. The molecule has 1 aliphatic heterocycles. The number of carbonyl (C=O) groups excluding carboxylic acids is 2. The number of rotatable bonds is 6. The van der Waals surface area contributed by atoms with Crippen LogP contribution >= 0.6 is 0 Å². The van der Waals surface area contributed by atoms with Gasteiger partial charge in [-0.2, -0.15) is 0 Å². The van der Waals surface area contributed by atoms with Crippen molar-refractivity contribution in [3.05, 3.63) is 59.9 Å². The summed E-state index contributed by atoms with van der Waals surface area (Å²) in [7, 11) is -3.73. The van der Waals surface area contributed by atoms with E-state index in [1.165, 1.54) is 41.3 Å². The molecule has 1 heterocycles. The lowest BCUT2D eigenvalue weighted by molar-refractivity contribution is -0.117. The molecule has 3 amide bonds. The zero-order valence-electron chi connectivity index (χ0n) is 15.5. The Kier molecular flexibility index (Phi) is 6.14. The molecule has 154 valence electrons. The van der Waals surface area contributed by atoms with Gasteiger partial charge in [0.1, 0.15) is 5.82 Å². The smallest absolute Gasteiger partial charge is 0.315 e. The third-order valence-corrected chi connectivity index (χ3v) is 5.48. The van der Waals surface area contributed by atoms with E-state index in [9.17, 15) is 22.4 Å². The normalized spacial score (nSPS) is 16.7. The van der Waals surface area contributed by atoms with E-state index in [2.05, 4.69) is 10.6 Å². The van der Waals surface area contributed by atoms with Crippen LogP contribution in [0, 0.1) is 5.82 Å². The van der Waals surface area contributed by atoms with Gasteiger partial charge in [-0.3, -0.25) is 4.79 Å². The Morgan fingerprint density at radius 1 is 1.14 bits per heavy atom. The summed E-state index contributed by atoms with van der Waals surface area (Å²) in [6, 6.07) is 11.0. The van der Waals surface area contributed by atoms with Crippen molar-refractivity contribution in [2.24, 2.45) is 5.14 Å². The third-order valence-electron chi connectivity index (χ3n) is 4.55. The van der Waals surface area contributed by atoms with Gasteiger partial charge in [0.15, 0.2) is 0 Å². The predicted octanol–water partition coefficient (Wildman–Crippen LogP) is 1.12. The fraction of sp³-hybridized carbons (Fsp3) is 0.263. The molecule has 29 heavy (non-hydrogen) atoms. The van der Waals surface area contributed by atoms with E-state index in [1.807, 2.05) is 0 Å². The fourth-order valence-corrected chi connectivity index (χ4v) is 3.59. The second kappa shape index (κ2) is 8.58. The Morgan fingerprint density at radius 3 is 2.41 bits per heavy atom. The first kappa shape index (κ1) is 20.7. The van der Waals surface area contributed by atoms with Crippen LogP contribution in [0.1, 0.15) is 12.0 Å². The highest BCUT2D eigenvalue weighted by molar-refractivity contribution is 7.89. The Balaban J connectivity index is 1.45. The minimum absolute atomic E-state index is 0.0311. The van der Waals surface area contributed by atoms with Crippen LogP contribution in [0.4, 0.5) is 14.9 Å². The largest absolute Gasteiger partial charge is 0.338 e. The van der Waals surface area contributed by atoms with E-state index in [-0.39, 0.29) is 29.1 Å². The molecule has 2 aromatic rings. The van der Waals surface area contributed by atoms with Gasteiger partial charge in [-0.25, -0.2) is 22.7 Å². The average Bonchev–Trinajstić information content (AvgIpc) is 3.02. The minimum Gasteiger partial charge on any atom is -0.338 e. The maximum Gasteiger partial charge on any atom is 0.315 e. The molecule has 0 aromatic heterocycles. The fourth-order valence-electron chi connectivity index (χ4n) is 3.08. The highest BCUT2D eigenvalue weighted by Gasteiger charge is 2.31. The number of carbonyl (C=O) groups is 2. The van der Waals surface area contributed by atoms with E-state index < -0.39 is 16.1 Å². The Morgan fingerprint density at radius 2 is 1.79 bits per heavy atom. The Hall–Kier alpha value is -2.98. The number of nitrogens with zero attached hydrogens (tertiary/aromatic N) is 1. The van der Waals surface area contributed by atoms with Gasteiger partial charge in [0.25, 0.3) is 0 Å². The van der Waals surface area contributed by atoms with Crippen LogP contribution in [0.3, 0.4) is 0 Å². The molecule has 0 unspecified atom stereocenters. The van der Waals surface area contributed by atoms with Crippen molar-refractivity contribution in [2.75, 3.05) is 18.0 Å².